The Labute approximate surface area is 101 Å². The molecule has 2 aliphatic rings. The lowest BCUT2D eigenvalue weighted by molar-refractivity contribution is 0.140. The van der Waals surface area contributed by atoms with Gasteiger partial charge in [-0.15, -0.1) is 11.6 Å². The van der Waals surface area contributed by atoms with Gasteiger partial charge in [0.15, 0.2) is 0 Å². The van der Waals surface area contributed by atoms with Crippen LogP contribution in [-0.4, -0.2) is 50.6 Å². The summed E-state index contributed by atoms with van der Waals surface area (Å²) >= 11 is 5.78. The Bertz CT molecular complexity index is 223. The van der Waals surface area contributed by atoms with Gasteiger partial charge in [-0.05, 0) is 13.5 Å². The zero-order valence-corrected chi connectivity index (χ0v) is 10.2. The number of hydrogen-bond acceptors (Lipinski definition) is 4. The molecule has 0 spiro atoms. The predicted molar refractivity (Wildman–Crippen MR) is 63.3 cm³/mol. The van der Waals surface area contributed by atoms with Crippen LogP contribution in [0.15, 0.2) is 0 Å². The first-order valence-electron chi connectivity index (χ1n) is 5.86. The van der Waals surface area contributed by atoms with Gasteiger partial charge < -0.3 is 16.0 Å². The van der Waals surface area contributed by atoms with E-state index in [0.717, 1.165) is 19.6 Å². The second-order valence-electron chi connectivity index (χ2n) is 4.60. The maximum atomic E-state index is 13.5. The van der Waals surface area contributed by atoms with Gasteiger partial charge in [0.1, 0.15) is 11.7 Å². The van der Waals surface area contributed by atoms with Crippen LogP contribution >= 0.6 is 11.6 Å². The minimum Gasteiger partial charge on any atom is -0.315 e. The molecule has 94 valence electrons. The third kappa shape index (κ3) is 2.84. The van der Waals surface area contributed by atoms with Gasteiger partial charge in [0.05, 0.1) is 6.17 Å². The van der Waals surface area contributed by atoms with Crippen LogP contribution in [0.2, 0.25) is 0 Å². The highest BCUT2D eigenvalue weighted by atomic mass is 35.5. The molecule has 2 heterocycles. The van der Waals surface area contributed by atoms with Crippen molar-refractivity contribution in [2.24, 2.45) is 5.92 Å². The van der Waals surface area contributed by atoms with E-state index in [2.05, 4.69) is 21.3 Å². The number of likely N-dealkylation sites (N-methyl/N-ethyl adjacent to an activating group) is 1. The quantitative estimate of drug-likeness (QED) is 0.398. The average Bonchev–Trinajstić information content (AvgIpc) is 2.33. The van der Waals surface area contributed by atoms with E-state index in [0.29, 0.717) is 12.5 Å². The molecule has 0 aromatic carbocycles. The maximum absolute atomic E-state index is 13.5. The Morgan fingerprint density at radius 2 is 1.88 bits per heavy atom. The van der Waals surface area contributed by atoms with E-state index in [4.69, 9.17) is 11.6 Å². The predicted octanol–water partition coefficient (Wildman–Crippen LogP) is -0.394. The van der Waals surface area contributed by atoms with E-state index in [1.165, 1.54) is 0 Å². The highest BCUT2D eigenvalue weighted by Crippen LogP contribution is 2.22. The number of alkyl halides is 2. The second-order valence-corrected chi connectivity index (χ2v) is 5.07. The molecule has 0 aliphatic carbocycles. The fourth-order valence-corrected chi connectivity index (χ4v) is 2.55. The van der Waals surface area contributed by atoms with Gasteiger partial charge in [0, 0.05) is 31.6 Å². The van der Waals surface area contributed by atoms with Gasteiger partial charge in [-0.2, -0.15) is 0 Å². The Hall–Kier alpha value is 0.0600. The molecular weight excluding hydrogens is 231 g/mol. The van der Waals surface area contributed by atoms with Gasteiger partial charge in [-0.1, -0.05) is 0 Å². The van der Waals surface area contributed by atoms with E-state index in [9.17, 15) is 4.39 Å². The molecule has 2 fully saturated rings. The number of hydrogen-bond donors (Lipinski definition) is 4. The molecule has 0 saturated carbocycles. The van der Waals surface area contributed by atoms with Crippen molar-refractivity contribution in [1.29, 1.82) is 0 Å². The van der Waals surface area contributed by atoms with Crippen molar-refractivity contribution in [3.8, 4) is 0 Å². The van der Waals surface area contributed by atoms with Crippen LogP contribution in [0.4, 0.5) is 4.39 Å². The van der Waals surface area contributed by atoms with Crippen molar-refractivity contribution in [3.63, 3.8) is 0 Å². The summed E-state index contributed by atoms with van der Waals surface area (Å²) in [6.07, 6.45) is -0.235. The standard InChI is InChI=1S/C10H20ClFN4/c1-13-7-4-15-10(16-5-7)6-2-8(12)9(11)14-3-6/h6-10,13-16H,2-5H2,1H3. The second kappa shape index (κ2) is 5.60. The van der Waals surface area contributed by atoms with Crippen molar-refractivity contribution < 1.29 is 4.39 Å². The molecule has 16 heavy (non-hydrogen) atoms. The van der Waals surface area contributed by atoms with Crippen molar-refractivity contribution in [2.45, 2.75) is 30.3 Å². The average molecular weight is 251 g/mol. The summed E-state index contributed by atoms with van der Waals surface area (Å²) in [5.41, 5.74) is -0.523. The Morgan fingerprint density at radius 1 is 1.19 bits per heavy atom. The van der Waals surface area contributed by atoms with Crippen LogP contribution in [0.5, 0.6) is 0 Å². The number of nitrogens with one attached hydrogen (secondary N) is 4. The molecule has 4 N–H and O–H groups in total. The minimum atomic E-state index is -0.953. The molecule has 3 unspecified atom stereocenters. The van der Waals surface area contributed by atoms with Gasteiger partial charge in [0.2, 0.25) is 0 Å². The zero-order valence-electron chi connectivity index (χ0n) is 9.47. The highest BCUT2D eigenvalue weighted by molar-refractivity contribution is 6.20. The largest absolute Gasteiger partial charge is 0.315 e. The van der Waals surface area contributed by atoms with E-state index < -0.39 is 11.7 Å². The summed E-state index contributed by atoms with van der Waals surface area (Å²) in [5, 5.41) is 13.0. The summed E-state index contributed by atoms with van der Waals surface area (Å²) < 4.78 is 13.5. The molecule has 0 aromatic heterocycles. The Morgan fingerprint density at radius 3 is 2.44 bits per heavy atom. The number of halogens is 2. The molecule has 0 aromatic rings. The van der Waals surface area contributed by atoms with Gasteiger partial charge in [-0.3, -0.25) is 5.32 Å². The molecular formula is C10H20ClFN4. The van der Waals surface area contributed by atoms with Crippen LogP contribution < -0.4 is 21.3 Å². The van der Waals surface area contributed by atoms with Gasteiger partial charge >= 0.3 is 0 Å². The lowest BCUT2D eigenvalue weighted by Crippen LogP contribution is -2.63. The van der Waals surface area contributed by atoms with Crippen molar-refractivity contribution in [2.75, 3.05) is 26.7 Å². The fourth-order valence-electron chi connectivity index (χ4n) is 2.36. The monoisotopic (exact) mass is 250 g/mol. The summed E-state index contributed by atoms with van der Waals surface area (Å²) in [7, 11) is 1.95. The number of piperidine rings is 1. The molecule has 2 saturated heterocycles. The maximum Gasteiger partial charge on any atom is 0.130 e. The highest BCUT2D eigenvalue weighted by Gasteiger charge is 2.34. The van der Waals surface area contributed by atoms with Crippen LogP contribution in [0.25, 0.3) is 0 Å². The smallest absolute Gasteiger partial charge is 0.130 e. The lowest BCUT2D eigenvalue weighted by Gasteiger charge is -2.39. The molecule has 4 nitrogen and oxygen atoms in total. The summed E-state index contributed by atoms with van der Waals surface area (Å²) in [4.78, 5) is 0. The van der Waals surface area contributed by atoms with Crippen molar-refractivity contribution >= 4 is 11.6 Å². The first-order chi connectivity index (χ1) is 7.70. The van der Waals surface area contributed by atoms with Crippen molar-refractivity contribution in [3.05, 3.63) is 0 Å². The fraction of sp³-hybridized carbons (Fsp3) is 1.00. The summed E-state index contributed by atoms with van der Waals surface area (Å²) in [5.74, 6) is 0.266. The third-order valence-corrected chi connectivity index (χ3v) is 3.90. The zero-order chi connectivity index (χ0) is 11.5. The van der Waals surface area contributed by atoms with Gasteiger partial charge in [0.25, 0.3) is 0 Å². The van der Waals surface area contributed by atoms with Gasteiger partial charge in [-0.25, -0.2) is 4.39 Å². The summed E-state index contributed by atoms with van der Waals surface area (Å²) in [6, 6.07) is 0.453. The third-order valence-electron chi connectivity index (χ3n) is 3.47. The van der Waals surface area contributed by atoms with E-state index in [1.54, 1.807) is 0 Å². The first-order valence-corrected chi connectivity index (χ1v) is 6.30. The minimum absolute atomic E-state index is 0.194. The molecule has 0 bridgehead atoms. The molecule has 3 atom stereocenters. The molecule has 0 radical (unpaired) electrons. The van der Waals surface area contributed by atoms with Crippen LogP contribution in [0.3, 0.4) is 0 Å². The van der Waals surface area contributed by atoms with E-state index in [-0.39, 0.29) is 12.1 Å². The molecule has 6 heteroatoms. The lowest BCUT2D eigenvalue weighted by atomic mass is 9.93. The molecule has 2 aliphatic heterocycles. The summed E-state index contributed by atoms with van der Waals surface area (Å²) in [6.45, 7) is 2.61. The SMILES string of the molecule is CNC1CNC(C2CNC(Cl)C(F)C2)NC1. The molecule has 2 rings (SSSR count). The van der Waals surface area contributed by atoms with Crippen LogP contribution in [0, 0.1) is 5.92 Å². The van der Waals surface area contributed by atoms with Crippen LogP contribution in [-0.2, 0) is 0 Å². The first kappa shape index (κ1) is 12.5. The topological polar surface area (TPSA) is 48.1 Å². The number of rotatable bonds is 2. The van der Waals surface area contributed by atoms with E-state index >= 15 is 0 Å². The van der Waals surface area contributed by atoms with E-state index in [1.807, 2.05) is 7.05 Å². The van der Waals surface area contributed by atoms with Crippen molar-refractivity contribution in [1.82, 2.24) is 21.3 Å². The van der Waals surface area contributed by atoms with Crippen LogP contribution in [0.1, 0.15) is 6.42 Å². The normalized spacial score (nSPS) is 45.6. The molecule has 0 amide bonds. The Kier molecular flexibility index (Phi) is 4.38. The Balaban J connectivity index is 1.81.